The van der Waals surface area contributed by atoms with E-state index in [-0.39, 0.29) is 5.56 Å². The summed E-state index contributed by atoms with van der Waals surface area (Å²) in [5.41, 5.74) is 0.153. The zero-order chi connectivity index (χ0) is 11.5. The van der Waals surface area contributed by atoms with E-state index in [4.69, 9.17) is 5.11 Å². The van der Waals surface area contributed by atoms with Crippen LogP contribution in [0.5, 0.6) is 0 Å². The average Bonchev–Trinajstić information content (AvgIpc) is 2.65. The quantitative estimate of drug-likeness (QED) is 0.828. The van der Waals surface area contributed by atoms with Gasteiger partial charge < -0.3 is 5.11 Å². The number of hydrogen-bond donors (Lipinski definition) is 1. The molecule has 0 fully saturated rings. The number of aromatic nitrogens is 5. The van der Waals surface area contributed by atoms with E-state index in [1.807, 2.05) is 0 Å². The number of rotatable bonds is 3. The normalized spacial score (nSPS) is 10.3. The molecule has 82 valence electrons. The minimum absolute atomic E-state index is 0.153. The van der Waals surface area contributed by atoms with Crippen molar-refractivity contribution in [3.63, 3.8) is 0 Å². The fraction of sp³-hybridized carbons (Fsp3) is 0.125. The molecule has 0 saturated carbocycles. The third-order valence-corrected chi connectivity index (χ3v) is 2.74. The number of nitrogens with zero attached hydrogens (tertiary/aromatic N) is 5. The fourth-order valence-electron chi connectivity index (χ4n) is 0.968. The van der Waals surface area contributed by atoms with Crippen LogP contribution < -0.4 is 0 Å². The maximum Gasteiger partial charge on any atom is 0.337 e. The standard InChI is InChI=1S/C8H7N5O2S/c1-13-8(10-11-12-13)16-6-3-2-5(4-9-6)7(14)15/h2-4H,1H3,(H,14,15). The van der Waals surface area contributed by atoms with Crippen molar-refractivity contribution in [1.82, 2.24) is 25.2 Å². The third-order valence-electron chi connectivity index (χ3n) is 1.76. The molecule has 0 radical (unpaired) electrons. The van der Waals surface area contributed by atoms with Gasteiger partial charge >= 0.3 is 5.97 Å². The van der Waals surface area contributed by atoms with Crippen LogP contribution in [0.1, 0.15) is 10.4 Å². The maximum absolute atomic E-state index is 10.6. The predicted octanol–water partition coefficient (Wildman–Crippen LogP) is 0.454. The van der Waals surface area contributed by atoms with Gasteiger partial charge in [0.25, 0.3) is 0 Å². The van der Waals surface area contributed by atoms with Gasteiger partial charge in [-0.1, -0.05) is 0 Å². The Hall–Kier alpha value is -1.96. The minimum Gasteiger partial charge on any atom is -0.478 e. The second-order valence-corrected chi connectivity index (χ2v) is 3.86. The number of hydrogen-bond acceptors (Lipinski definition) is 6. The van der Waals surface area contributed by atoms with Crippen LogP contribution >= 0.6 is 11.8 Å². The summed E-state index contributed by atoms with van der Waals surface area (Å²) in [7, 11) is 1.72. The van der Waals surface area contributed by atoms with Crippen molar-refractivity contribution in [3.05, 3.63) is 23.9 Å². The summed E-state index contributed by atoms with van der Waals surface area (Å²) in [4.78, 5) is 14.6. The van der Waals surface area contributed by atoms with Gasteiger partial charge in [0.15, 0.2) is 0 Å². The molecule has 0 spiro atoms. The van der Waals surface area contributed by atoms with Crippen LogP contribution in [0.4, 0.5) is 0 Å². The molecule has 0 bridgehead atoms. The van der Waals surface area contributed by atoms with E-state index >= 15 is 0 Å². The van der Waals surface area contributed by atoms with E-state index in [2.05, 4.69) is 20.5 Å². The molecule has 0 aliphatic heterocycles. The highest BCUT2D eigenvalue weighted by Crippen LogP contribution is 2.22. The van der Waals surface area contributed by atoms with Crippen molar-refractivity contribution >= 4 is 17.7 Å². The van der Waals surface area contributed by atoms with Gasteiger partial charge in [-0.2, -0.15) is 0 Å². The van der Waals surface area contributed by atoms with Crippen LogP contribution in [0.15, 0.2) is 28.5 Å². The lowest BCUT2D eigenvalue weighted by atomic mass is 10.3. The number of carboxylic acids is 1. The molecule has 2 rings (SSSR count). The highest BCUT2D eigenvalue weighted by molar-refractivity contribution is 7.99. The Morgan fingerprint density at radius 1 is 1.50 bits per heavy atom. The molecule has 0 aromatic carbocycles. The Balaban J connectivity index is 2.17. The molecule has 0 aliphatic rings. The molecule has 16 heavy (non-hydrogen) atoms. The molecule has 0 amide bonds. The van der Waals surface area contributed by atoms with Gasteiger partial charge in [-0.15, -0.1) is 5.10 Å². The van der Waals surface area contributed by atoms with Gasteiger partial charge in [-0.3, -0.25) is 0 Å². The zero-order valence-electron chi connectivity index (χ0n) is 8.23. The molecular weight excluding hydrogens is 230 g/mol. The minimum atomic E-state index is -0.996. The van der Waals surface area contributed by atoms with Crippen LogP contribution in [0, 0.1) is 0 Å². The van der Waals surface area contributed by atoms with Gasteiger partial charge in [-0.25, -0.2) is 14.5 Å². The van der Waals surface area contributed by atoms with Gasteiger partial charge in [-0.05, 0) is 34.3 Å². The van der Waals surface area contributed by atoms with Crippen molar-refractivity contribution < 1.29 is 9.90 Å². The summed E-state index contributed by atoms with van der Waals surface area (Å²) in [6.45, 7) is 0. The van der Waals surface area contributed by atoms with Crippen LogP contribution in [0.25, 0.3) is 0 Å². The molecule has 8 heteroatoms. The molecular formula is C8H7N5O2S. The highest BCUT2D eigenvalue weighted by atomic mass is 32.2. The molecule has 7 nitrogen and oxygen atoms in total. The van der Waals surface area contributed by atoms with Crippen molar-refractivity contribution in [2.75, 3.05) is 0 Å². The Labute approximate surface area is 94.5 Å². The number of tetrazole rings is 1. The largest absolute Gasteiger partial charge is 0.478 e. The Kier molecular flexibility index (Phi) is 2.82. The van der Waals surface area contributed by atoms with E-state index < -0.39 is 5.97 Å². The van der Waals surface area contributed by atoms with Crippen LogP contribution in [-0.2, 0) is 7.05 Å². The number of aromatic carboxylic acids is 1. The predicted molar refractivity (Wildman–Crippen MR) is 54.1 cm³/mol. The lowest BCUT2D eigenvalue weighted by Crippen LogP contribution is -1.97. The number of pyridine rings is 1. The fourth-order valence-corrected chi connectivity index (χ4v) is 1.64. The number of carboxylic acid groups (broad SMARTS) is 1. The summed E-state index contributed by atoms with van der Waals surface area (Å²) >= 11 is 1.26. The Morgan fingerprint density at radius 2 is 2.31 bits per heavy atom. The topological polar surface area (TPSA) is 93.8 Å². The van der Waals surface area contributed by atoms with Crippen LogP contribution in [-0.4, -0.2) is 36.3 Å². The average molecular weight is 237 g/mol. The number of carbonyl (C=O) groups is 1. The van der Waals surface area contributed by atoms with Gasteiger partial charge in [0.05, 0.1) is 5.56 Å². The second-order valence-electron chi connectivity index (χ2n) is 2.88. The lowest BCUT2D eigenvalue weighted by Gasteiger charge is -1.98. The lowest BCUT2D eigenvalue weighted by molar-refractivity contribution is 0.0696. The summed E-state index contributed by atoms with van der Waals surface area (Å²) in [5.74, 6) is -0.996. The zero-order valence-corrected chi connectivity index (χ0v) is 9.05. The van der Waals surface area contributed by atoms with E-state index in [1.165, 1.54) is 28.7 Å². The van der Waals surface area contributed by atoms with Gasteiger partial charge in [0.1, 0.15) is 5.03 Å². The van der Waals surface area contributed by atoms with Crippen molar-refractivity contribution in [2.45, 2.75) is 10.2 Å². The first-order chi connectivity index (χ1) is 7.66. The molecule has 2 heterocycles. The molecule has 1 N–H and O–H groups in total. The summed E-state index contributed by atoms with van der Waals surface area (Å²) in [6.07, 6.45) is 1.30. The van der Waals surface area contributed by atoms with E-state index in [9.17, 15) is 4.79 Å². The van der Waals surface area contributed by atoms with Crippen LogP contribution in [0.3, 0.4) is 0 Å². The van der Waals surface area contributed by atoms with Crippen molar-refractivity contribution in [3.8, 4) is 0 Å². The van der Waals surface area contributed by atoms with Crippen molar-refractivity contribution in [2.24, 2.45) is 7.05 Å². The monoisotopic (exact) mass is 237 g/mol. The Bertz CT molecular complexity index is 509. The summed E-state index contributed by atoms with van der Waals surface area (Å²) in [6, 6.07) is 3.10. The molecule has 0 atom stereocenters. The first kappa shape index (κ1) is 10.6. The third kappa shape index (κ3) is 2.16. The van der Waals surface area contributed by atoms with E-state index in [0.29, 0.717) is 10.2 Å². The van der Waals surface area contributed by atoms with E-state index in [0.717, 1.165) is 0 Å². The molecule has 2 aromatic heterocycles. The SMILES string of the molecule is Cn1nnnc1Sc1ccc(C(=O)O)cn1. The first-order valence-corrected chi connectivity index (χ1v) is 5.08. The van der Waals surface area contributed by atoms with Crippen LogP contribution in [0.2, 0.25) is 0 Å². The highest BCUT2D eigenvalue weighted by Gasteiger charge is 2.07. The smallest absolute Gasteiger partial charge is 0.337 e. The molecule has 0 aliphatic carbocycles. The molecule has 2 aromatic rings. The van der Waals surface area contributed by atoms with E-state index in [1.54, 1.807) is 13.1 Å². The second kappa shape index (κ2) is 4.27. The summed E-state index contributed by atoms with van der Waals surface area (Å²) in [5, 5.41) is 20.9. The van der Waals surface area contributed by atoms with Gasteiger partial charge in [0, 0.05) is 13.2 Å². The summed E-state index contributed by atoms with van der Waals surface area (Å²) < 4.78 is 1.51. The first-order valence-electron chi connectivity index (χ1n) is 4.26. The van der Waals surface area contributed by atoms with Gasteiger partial charge in [0.2, 0.25) is 5.16 Å². The molecule has 0 unspecified atom stereocenters. The maximum atomic E-state index is 10.6. The number of aryl methyl sites for hydroxylation is 1. The molecule has 0 saturated heterocycles. The Morgan fingerprint density at radius 3 is 2.81 bits per heavy atom. The van der Waals surface area contributed by atoms with Crippen molar-refractivity contribution in [1.29, 1.82) is 0 Å².